The van der Waals surface area contributed by atoms with Crippen LogP contribution in [0.4, 0.5) is 19.0 Å². The summed E-state index contributed by atoms with van der Waals surface area (Å²) in [7, 11) is -4.05. The minimum absolute atomic E-state index is 0.292. The van der Waals surface area contributed by atoms with Gasteiger partial charge in [0.05, 0.1) is 16.2 Å². The summed E-state index contributed by atoms with van der Waals surface area (Å²) >= 11 is 0. The Hall–Kier alpha value is -3.27. The van der Waals surface area contributed by atoms with Crippen LogP contribution in [-0.4, -0.2) is 24.3 Å². The molecule has 0 bridgehead atoms. The number of hydrogen-bond donors (Lipinski definition) is 1. The molecular weight excluding hydrogens is 431 g/mol. The van der Waals surface area contributed by atoms with Crippen molar-refractivity contribution in [2.24, 2.45) is 0 Å². The molecule has 2 heterocycles. The minimum Gasteiger partial charge on any atom is -0.311 e. The highest BCUT2D eigenvalue weighted by molar-refractivity contribution is 7.90. The molecule has 0 atom stereocenters. The zero-order chi connectivity index (χ0) is 22.8. The summed E-state index contributed by atoms with van der Waals surface area (Å²) in [5.41, 5.74) is 0.987. The van der Waals surface area contributed by atoms with E-state index in [2.05, 4.69) is 15.3 Å². The maximum absolute atomic E-state index is 13.0. The van der Waals surface area contributed by atoms with E-state index in [4.69, 9.17) is 0 Å². The van der Waals surface area contributed by atoms with Crippen molar-refractivity contribution in [3.63, 3.8) is 0 Å². The molecule has 162 valence electrons. The van der Waals surface area contributed by atoms with Gasteiger partial charge in [-0.1, -0.05) is 6.07 Å². The van der Waals surface area contributed by atoms with E-state index in [0.29, 0.717) is 34.3 Å². The molecule has 3 aromatic rings. The Kier molecular flexibility index (Phi) is 6.12. The van der Waals surface area contributed by atoms with Crippen LogP contribution in [0.3, 0.4) is 0 Å². The van der Waals surface area contributed by atoms with Gasteiger partial charge in [0, 0.05) is 30.6 Å². The Labute approximate surface area is 177 Å². The second kappa shape index (κ2) is 8.46. The van der Waals surface area contributed by atoms with Crippen LogP contribution in [0.25, 0.3) is 11.1 Å². The Bertz CT molecular complexity index is 1240. The fourth-order valence-electron chi connectivity index (χ4n) is 2.90. The molecule has 0 aliphatic rings. The van der Waals surface area contributed by atoms with Crippen molar-refractivity contribution in [1.29, 1.82) is 0 Å². The lowest BCUT2D eigenvalue weighted by atomic mass is 10.1. The number of anilines is 1. The van der Waals surface area contributed by atoms with Crippen molar-refractivity contribution in [2.45, 2.75) is 30.7 Å². The molecule has 0 unspecified atom stereocenters. The molecule has 0 saturated carbocycles. The van der Waals surface area contributed by atoms with Crippen LogP contribution in [0.15, 0.2) is 59.8 Å². The van der Waals surface area contributed by atoms with Gasteiger partial charge in [-0.15, -0.1) is 0 Å². The largest absolute Gasteiger partial charge is 0.416 e. The molecule has 0 radical (unpaired) electrons. The lowest BCUT2D eigenvalue weighted by Gasteiger charge is -2.12. The van der Waals surface area contributed by atoms with Gasteiger partial charge >= 0.3 is 6.18 Å². The van der Waals surface area contributed by atoms with E-state index >= 15 is 0 Å². The summed E-state index contributed by atoms with van der Waals surface area (Å²) in [5, 5.41) is 2.56. The Morgan fingerprint density at radius 1 is 1.06 bits per heavy atom. The highest BCUT2D eigenvalue weighted by atomic mass is 32.2. The number of hydrogen-bond acceptors (Lipinski definition) is 5. The number of aryl methyl sites for hydroxylation is 1. The van der Waals surface area contributed by atoms with E-state index in [-0.39, 0.29) is 5.91 Å². The van der Waals surface area contributed by atoms with Gasteiger partial charge in [0.2, 0.25) is 5.91 Å². The molecule has 1 amide bonds. The van der Waals surface area contributed by atoms with Gasteiger partial charge in [0.1, 0.15) is 5.82 Å². The zero-order valence-electron chi connectivity index (χ0n) is 16.6. The first-order valence-corrected chi connectivity index (χ1v) is 10.7. The van der Waals surface area contributed by atoms with Gasteiger partial charge in [-0.05, 0) is 54.4 Å². The van der Waals surface area contributed by atoms with Crippen LogP contribution in [-0.2, 0) is 26.6 Å². The van der Waals surface area contributed by atoms with Gasteiger partial charge in [-0.2, -0.15) is 13.2 Å². The van der Waals surface area contributed by atoms with Gasteiger partial charge in [0.25, 0.3) is 0 Å². The van der Waals surface area contributed by atoms with Crippen LogP contribution >= 0.6 is 0 Å². The summed E-state index contributed by atoms with van der Waals surface area (Å²) < 4.78 is 64.5. The monoisotopic (exact) mass is 449 g/mol. The van der Waals surface area contributed by atoms with Crippen molar-refractivity contribution in [2.75, 3.05) is 5.32 Å². The summed E-state index contributed by atoms with van der Waals surface area (Å²) in [6.45, 7) is 2.97. The number of pyridine rings is 2. The van der Waals surface area contributed by atoms with Crippen LogP contribution in [0.5, 0.6) is 0 Å². The number of rotatable bonds is 5. The van der Waals surface area contributed by atoms with E-state index in [1.54, 1.807) is 31.3 Å². The third-order valence-electron chi connectivity index (χ3n) is 4.46. The molecule has 10 heteroatoms. The first-order valence-electron chi connectivity index (χ1n) is 9.05. The predicted molar refractivity (Wildman–Crippen MR) is 109 cm³/mol. The first-order chi connectivity index (χ1) is 14.5. The third-order valence-corrected chi connectivity index (χ3v) is 6.12. The number of sulfone groups is 1. The molecule has 1 N–H and O–H groups in total. The van der Waals surface area contributed by atoms with Gasteiger partial charge in [-0.25, -0.2) is 13.4 Å². The molecule has 0 saturated heterocycles. The molecule has 6 nitrogen and oxygen atoms in total. The van der Waals surface area contributed by atoms with E-state index in [9.17, 15) is 26.4 Å². The van der Waals surface area contributed by atoms with E-state index in [1.807, 2.05) is 0 Å². The number of halogens is 3. The molecule has 1 aromatic carbocycles. The van der Waals surface area contributed by atoms with E-state index < -0.39 is 32.2 Å². The van der Waals surface area contributed by atoms with E-state index in [1.165, 1.54) is 13.1 Å². The Morgan fingerprint density at radius 3 is 2.48 bits per heavy atom. The lowest BCUT2D eigenvalue weighted by Crippen LogP contribution is -2.10. The zero-order valence-corrected chi connectivity index (χ0v) is 17.4. The fourth-order valence-corrected chi connectivity index (χ4v) is 4.36. The number of carbonyl (C=O) groups is 1. The molecule has 0 aliphatic carbocycles. The fraction of sp³-hybridized carbons (Fsp3) is 0.190. The van der Waals surface area contributed by atoms with Crippen molar-refractivity contribution in [3.05, 3.63) is 71.7 Å². The highest BCUT2D eigenvalue weighted by Gasteiger charge is 2.31. The second-order valence-corrected chi connectivity index (χ2v) is 8.85. The maximum Gasteiger partial charge on any atom is 0.416 e. The number of nitrogens with zero attached hydrogens (tertiary/aromatic N) is 2. The lowest BCUT2D eigenvalue weighted by molar-refractivity contribution is -0.137. The van der Waals surface area contributed by atoms with Gasteiger partial charge < -0.3 is 5.32 Å². The van der Waals surface area contributed by atoms with Crippen molar-refractivity contribution in [3.8, 4) is 11.1 Å². The number of aromatic nitrogens is 2. The minimum atomic E-state index is -4.64. The van der Waals surface area contributed by atoms with Crippen molar-refractivity contribution < 1.29 is 26.4 Å². The average Bonchev–Trinajstić information content (AvgIpc) is 2.69. The molecule has 0 aliphatic heterocycles. The molecule has 0 fully saturated rings. The SMILES string of the molecule is CC(=O)Nc1cc(-c2cnc(C)c(CS(=O)(=O)c3cccc(C(F)(F)F)c3)c2)ccn1. The van der Waals surface area contributed by atoms with Crippen LogP contribution < -0.4 is 5.32 Å². The normalized spacial score (nSPS) is 11.9. The van der Waals surface area contributed by atoms with Crippen LogP contribution in [0, 0.1) is 6.92 Å². The maximum atomic E-state index is 13.0. The number of benzene rings is 1. The summed E-state index contributed by atoms with van der Waals surface area (Å²) in [5.74, 6) is -0.479. The smallest absolute Gasteiger partial charge is 0.311 e. The summed E-state index contributed by atoms with van der Waals surface area (Å²) in [6.07, 6.45) is -1.61. The number of alkyl halides is 3. The molecule has 31 heavy (non-hydrogen) atoms. The topological polar surface area (TPSA) is 89.0 Å². The van der Waals surface area contributed by atoms with Gasteiger partial charge in [-0.3, -0.25) is 9.78 Å². The standard InChI is InChI=1S/C21H18F3N3O3S/c1-13-17(12-31(29,30)19-5-3-4-18(10-19)21(22,23)24)8-16(11-26-13)15-6-7-25-20(9-15)27-14(2)28/h3-11H,12H2,1-2H3,(H,25,27,28). The van der Waals surface area contributed by atoms with Gasteiger partial charge in [0.15, 0.2) is 9.84 Å². The predicted octanol–water partition coefficient (Wildman–Crippen LogP) is 4.40. The third kappa shape index (κ3) is 5.46. The molecule has 3 rings (SSSR count). The Balaban J connectivity index is 1.95. The van der Waals surface area contributed by atoms with Crippen LogP contribution in [0.2, 0.25) is 0 Å². The first kappa shape index (κ1) is 22.4. The summed E-state index contributed by atoms with van der Waals surface area (Å²) in [6, 6.07) is 8.55. The average molecular weight is 449 g/mol. The Morgan fingerprint density at radius 2 is 1.81 bits per heavy atom. The van der Waals surface area contributed by atoms with Crippen molar-refractivity contribution in [1.82, 2.24) is 9.97 Å². The summed E-state index contributed by atoms with van der Waals surface area (Å²) in [4.78, 5) is 19.1. The molecule has 2 aromatic heterocycles. The number of nitrogens with one attached hydrogen (secondary N) is 1. The highest BCUT2D eigenvalue weighted by Crippen LogP contribution is 2.31. The van der Waals surface area contributed by atoms with E-state index in [0.717, 1.165) is 18.2 Å². The number of amides is 1. The van der Waals surface area contributed by atoms with Crippen LogP contribution in [0.1, 0.15) is 23.7 Å². The number of carbonyl (C=O) groups excluding carboxylic acids is 1. The molecule has 0 spiro atoms. The molecular formula is C21H18F3N3O3S. The quantitative estimate of drug-likeness (QED) is 0.624. The van der Waals surface area contributed by atoms with Crippen molar-refractivity contribution >= 4 is 21.6 Å². The second-order valence-electron chi connectivity index (χ2n) is 6.86.